The van der Waals surface area contributed by atoms with E-state index in [1.54, 1.807) is 21.3 Å². The second kappa shape index (κ2) is 8.32. The predicted octanol–water partition coefficient (Wildman–Crippen LogP) is 3.90. The number of benzene rings is 2. The summed E-state index contributed by atoms with van der Waals surface area (Å²) < 4.78 is 21.6. The van der Waals surface area contributed by atoms with E-state index < -0.39 is 0 Å². The largest absolute Gasteiger partial charge is 0.497 e. The van der Waals surface area contributed by atoms with Gasteiger partial charge in [0.15, 0.2) is 11.5 Å². The van der Waals surface area contributed by atoms with E-state index in [9.17, 15) is 0 Å². The summed E-state index contributed by atoms with van der Waals surface area (Å²) >= 11 is 0. The molecule has 23 heavy (non-hydrogen) atoms. The van der Waals surface area contributed by atoms with Gasteiger partial charge in [0.25, 0.3) is 0 Å². The third kappa shape index (κ3) is 4.55. The summed E-state index contributed by atoms with van der Waals surface area (Å²) in [4.78, 5) is 0. The summed E-state index contributed by atoms with van der Waals surface area (Å²) in [5, 5.41) is 0. The molecule has 0 saturated heterocycles. The van der Waals surface area contributed by atoms with Crippen molar-refractivity contribution < 1.29 is 18.9 Å². The number of aryl methyl sites for hydroxylation is 2. The van der Waals surface area contributed by atoms with Crippen LogP contribution in [0.2, 0.25) is 0 Å². The zero-order valence-corrected chi connectivity index (χ0v) is 14.2. The van der Waals surface area contributed by atoms with Crippen molar-refractivity contribution in [3.05, 3.63) is 47.5 Å². The fourth-order valence-electron chi connectivity index (χ4n) is 2.44. The van der Waals surface area contributed by atoms with Gasteiger partial charge in [-0.3, -0.25) is 0 Å². The normalized spacial score (nSPS) is 10.3. The molecule has 0 aliphatic heterocycles. The molecule has 2 aromatic carbocycles. The van der Waals surface area contributed by atoms with Gasteiger partial charge in [-0.15, -0.1) is 0 Å². The molecular weight excluding hydrogens is 292 g/mol. The van der Waals surface area contributed by atoms with Gasteiger partial charge in [-0.05, 0) is 55.2 Å². The Morgan fingerprint density at radius 2 is 1.35 bits per heavy atom. The average Bonchev–Trinajstić information content (AvgIpc) is 2.60. The van der Waals surface area contributed by atoms with Crippen molar-refractivity contribution in [2.75, 3.05) is 27.9 Å². The summed E-state index contributed by atoms with van der Waals surface area (Å²) in [6, 6.07) is 12.0. The topological polar surface area (TPSA) is 36.9 Å². The van der Waals surface area contributed by atoms with E-state index in [1.807, 2.05) is 37.3 Å². The Kier molecular flexibility index (Phi) is 6.15. The van der Waals surface area contributed by atoms with Gasteiger partial charge in [0.2, 0.25) is 0 Å². The van der Waals surface area contributed by atoms with E-state index in [1.165, 1.54) is 11.1 Å². The van der Waals surface area contributed by atoms with Gasteiger partial charge in [-0.1, -0.05) is 6.07 Å². The molecule has 0 spiro atoms. The molecule has 0 amide bonds. The third-order valence-corrected chi connectivity index (χ3v) is 3.64. The zero-order chi connectivity index (χ0) is 16.7. The maximum absolute atomic E-state index is 5.55. The molecule has 0 unspecified atom stereocenters. The first kappa shape index (κ1) is 17.0. The highest BCUT2D eigenvalue weighted by molar-refractivity contribution is 5.43. The average molecular weight is 316 g/mol. The van der Waals surface area contributed by atoms with Crippen molar-refractivity contribution in [3.8, 4) is 23.0 Å². The Balaban J connectivity index is 2.11. The van der Waals surface area contributed by atoms with Crippen LogP contribution >= 0.6 is 0 Å². The van der Waals surface area contributed by atoms with Crippen LogP contribution in [0, 0.1) is 0 Å². The molecule has 0 fully saturated rings. The Hall–Kier alpha value is -2.36. The molecule has 0 N–H and O–H groups in total. The first-order chi connectivity index (χ1) is 11.2. The molecule has 0 heterocycles. The number of hydrogen-bond donors (Lipinski definition) is 0. The molecule has 0 saturated carbocycles. The van der Waals surface area contributed by atoms with Gasteiger partial charge in [0.05, 0.1) is 27.9 Å². The van der Waals surface area contributed by atoms with Crippen LogP contribution in [0.15, 0.2) is 36.4 Å². The highest BCUT2D eigenvalue weighted by atomic mass is 16.5. The van der Waals surface area contributed by atoms with Gasteiger partial charge in [-0.2, -0.15) is 0 Å². The smallest absolute Gasteiger partial charge is 0.161 e. The number of hydrogen-bond acceptors (Lipinski definition) is 4. The maximum atomic E-state index is 5.55. The Labute approximate surface area is 137 Å². The Morgan fingerprint density at radius 3 is 1.91 bits per heavy atom. The molecule has 124 valence electrons. The molecule has 0 bridgehead atoms. The summed E-state index contributed by atoms with van der Waals surface area (Å²) in [6.45, 7) is 2.59. The van der Waals surface area contributed by atoms with E-state index in [4.69, 9.17) is 18.9 Å². The number of ether oxygens (including phenoxy) is 4. The van der Waals surface area contributed by atoms with E-state index >= 15 is 0 Å². The summed E-state index contributed by atoms with van der Waals surface area (Å²) in [7, 11) is 4.99. The molecule has 0 aromatic heterocycles. The van der Waals surface area contributed by atoms with E-state index in [0.717, 1.165) is 35.8 Å². The standard InChI is InChI=1S/C19H24O4/c1-5-23-18-9-8-14(12-19(18)22-4)6-7-15-10-16(20-2)13-17(11-15)21-3/h8-13H,5-7H2,1-4H3. The predicted molar refractivity (Wildman–Crippen MR) is 91.1 cm³/mol. The lowest BCUT2D eigenvalue weighted by Gasteiger charge is -2.12. The van der Waals surface area contributed by atoms with Crippen LogP contribution in [0.5, 0.6) is 23.0 Å². The molecule has 0 radical (unpaired) electrons. The number of methoxy groups -OCH3 is 3. The van der Waals surface area contributed by atoms with E-state index in [2.05, 4.69) is 6.07 Å². The van der Waals surface area contributed by atoms with Crippen LogP contribution < -0.4 is 18.9 Å². The van der Waals surface area contributed by atoms with Crippen LogP contribution in [-0.4, -0.2) is 27.9 Å². The Morgan fingerprint density at radius 1 is 0.696 bits per heavy atom. The Bertz CT molecular complexity index is 615. The lowest BCUT2D eigenvalue weighted by Crippen LogP contribution is -1.98. The molecule has 2 aromatic rings. The molecule has 2 rings (SSSR count). The van der Waals surface area contributed by atoms with Crippen LogP contribution in [0.25, 0.3) is 0 Å². The minimum absolute atomic E-state index is 0.624. The van der Waals surface area contributed by atoms with Gasteiger partial charge in [0.1, 0.15) is 11.5 Å². The van der Waals surface area contributed by atoms with Crippen molar-refractivity contribution >= 4 is 0 Å². The number of rotatable bonds is 8. The molecule has 0 aliphatic carbocycles. The summed E-state index contributed by atoms with van der Waals surface area (Å²) in [5.41, 5.74) is 2.38. The second-order valence-electron chi connectivity index (χ2n) is 5.14. The minimum Gasteiger partial charge on any atom is -0.497 e. The zero-order valence-electron chi connectivity index (χ0n) is 14.2. The minimum atomic E-state index is 0.624. The molecular formula is C19H24O4. The first-order valence-corrected chi connectivity index (χ1v) is 7.71. The molecule has 0 aliphatic rings. The lowest BCUT2D eigenvalue weighted by atomic mass is 10.0. The van der Waals surface area contributed by atoms with Crippen molar-refractivity contribution in [3.63, 3.8) is 0 Å². The maximum Gasteiger partial charge on any atom is 0.161 e. The van der Waals surface area contributed by atoms with Crippen LogP contribution in [0.3, 0.4) is 0 Å². The van der Waals surface area contributed by atoms with Crippen LogP contribution in [0.1, 0.15) is 18.1 Å². The van der Waals surface area contributed by atoms with Gasteiger partial charge in [0, 0.05) is 6.07 Å². The third-order valence-electron chi connectivity index (χ3n) is 3.64. The van der Waals surface area contributed by atoms with Crippen molar-refractivity contribution in [2.24, 2.45) is 0 Å². The van der Waals surface area contributed by atoms with Gasteiger partial charge in [-0.25, -0.2) is 0 Å². The summed E-state index contributed by atoms with van der Waals surface area (Å²) in [6.07, 6.45) is 1.80. The molecule has 4 heteroatoms. The van der Waals surface area contributed by atoms with Crippen molar-refractivity contribution in [2.45, 2.75) is 19.8 Å². The highest BCUT2D eigenvalue weighted by Gasteiger charge is 2.07. The fraction of sp³-hybridized carbons (Fsp3) is 0.368. The van der Waals surface area contributed by atoms with Crippen molar-refractivity contribution in [1.29, 1.82) is 0 Å². The quantitative estimate of drug-likeness (QED) is 0.740. The summed E-state index contributed by atoms with van der Waals surface area (Å²) in [5.74, 6) is 3.17. The van der Waals surface area contributed by atoms with Gasteiger partial charge < -0.3 is 18.9 Å². The fourth-order valence-corrected chi connectivity index (χ4v) is 2.44. The molecule has 4 nitrogen and oxygen atoms in total. The SMILES string of the molecule is CCOc1ccc(CCc2cc(OC)cc(OC)c2)cc1OC. The highest BCUT2D eigenvalue weighted by Crippen LogP contribution is 2.29. The van der Waals surface area contributed by atoms with E-state index in [-0.39, 0.29) is 0 Å². The second-order valence-corrected chi connectivity index (χ2v) is 5.14. The van der Waals surface area contributed by atoms with Crippen LogP contribution in [-0.2, 0) is 12.8 Å². The van der Waals surface area contributed by atoms with Crippen molar-refractivity contribution in [1.82, 2.24) is 0 Å². The molecule has 0 atom stereocenters. The van der Waals surface area contributed by atoms with E-state index in [0.29, 0.717) is 6.61 Å². The van der Waals surface area contributed by atoms with Gasteiger partial charge >= 0.3 is 0 Å². The lowest BCUT2D eigenvalue weighted by molar-refractivity contribution is 0.310. The van der Waals surface area contributed by atoms with Crippen LogP contribution in [0.4, 0.5) is 0 Å². The monoisotopic (exact) mass is 316 g/mol. The first-order valence-electron chi connectivity index (χ1n) is 7.71.